The number of carbonyl (C=O) groups excluding carboxylic acids is 1. The summed E-state index contributed by atoms with van der Waals surface area (Å²) in [6.45, 7) is 5.57. The smallest absolute Gasteiger partial charge is 0.308 e. The van der Waals surface area contributed by atoms with Gasteiger partial charge < -0.3 is 4.74 Å². The van der Waals surface area contributed by atoms with E-state index in [1.807, 2.05) is 0 Å². The molecule has 0 N–H and O–H groups in total. The minimum atomic E-state index is -1.21. The summed E-state index contributed by atoms with van der Waals surface area (Å²) in [5.41, 5.74) is -1.21. The van der Waals surface area contributed by atoms with Crippen molar-refractivity contribution < 1.29 is 14.6 Å². The Labute approximate surface area is 86.5 Å². The molecule has 0 aliphatic heterocycles. The first-order chi connectivity index (χ1) is 6.45. The van der Waals surface area contributed by atoms with Crippen LogP contribution in [0, 0.1) is 0 Å². The van der Waals surface area contributed by atoms with Crippen LogP contribution in [0.5, 0.6) is 0 Å². The summed E-state index contributed by atoms with van der Waals surface area (Å²) in [6.07, 6.45) is 4.29. The second kappa shape index (κ2) is 6.82. The van der Waals surface area contributed by atoms with Gasteiger partial charge in [-0.1, -0.05) is 26.2 Å². The van der Waals surface area contributed by atoms with Crippen molar-refractivity contribution in [3.05, 3.63) is 0 Å². The van der Waals surface area contributed by atoms with Gasteiger partial charge in [0.2, 0.25) is 0 Å². The van der Waals surface area contributed by atoms with Crippen molar-refractivity contribution in [2.75, 3.05) is 6.61 Å². The largest absolute Gasteiger partial charge is 0.466 e. The van der Waals surface area contributed by atoms with Crippen molar-refractivity contribution >= 4 is 5.97 Å². The number of hydrogen-bond acceptors (Lipinski definition) is 2. The molecule has 0 aromatic rings. The zero-order valence-corrected chi connectivity index (χ0v) is 9.47. The molecule has 1 radical (unpaired) electrons. The van der Waals surface area contributed by atoms with E-state index in [0.29, 0.717) is 6.61 Å². The molecule has 0 atom stereocenters. The quantitative estimate of drug-likeness (QED) is 0.469. The van der Waals surface area contributed by atoms with E-state index in [0.717, 1.165) is 12.8 Å². The number of unbranched alkanes of at least 4 members (excludes halogenated alkanes) is 3. The Hall–Kier alpha value is -0.570. The first-order valence-electron chi connectivity index (χ1n) is 5.32. The van der Waals surface area contributed by atoms with Crippen molar-refractivity contribution in [1.82, 2.24) is 0 Å². The molecule has 0 amide bonds. The van der Waals surface area contributed by atoms with Gasteiger partial charge in [0.25, 0.3) is 0 Å². The van der Waals surface area contributed by atoms with Crippen LogP contribution in [-0.4, -0.2) is 18.2 Å². The molecule has 0 unspecified atom stereocenters. The Bertz CT molecular complexity index is 158. The van der Waals surface area contributed by atoms with Crippen LogP contribution in [0.1, 0.15) is 52.9 Å². The van der Waals surface area contributed by atoms with Crippen LogP contribution in [0.2, 0.25) is 0 Å². The van der Waals surface area contributed by atoms with Crippen LogP contribution in [-0.2, 0) is 14.6 Å². The fourth-order valence-electron chi connectivity index (χ4n) is 1.11. The summed E-state index contributed by atoms with van der Waals surface area (Å²) < 4.78 is 4.93. The molecule has 14 heavy (non-hydrogen) atoms. The Morgan fingerprint density at radius 1 is 1.21 bits per heavy atom. The molecule has 3 heteroatoms. The van der Waals surface area contributed by atoms with Gasteiger partial charge in [-0.05, 0) is 20.3 Å². The minimum absolute atomic E-state index is 0.0409. The summed E-state index contributed by atoms with van der Waals surface area (Å²) in [7, 11) is 0. The van der Waals surface area contributed by atoms with Gasteiger partial charge in [-0.2, -0.15) is 0 Å². The summed E-state index contributed by atoms with van der Waals surface area (Å²) >= 11 is 0. The van der Waals surface area contributed by atoms with Gasteiger partial charge in [0, 0.05) is 0 Å². The Morgan fingerprint density at radius 3 is 2.36 bits per heavy atom. The number of ether oxygens (including phenoxy) is 1. The van der Waals surface area contributed by atoms with Crippen molar-refractivity contribution in [3.8, 4) is 0 Å². The molecule has 83 valence electrons. The van der Waals surface area contributed by atoms with E-state index in [-0.39, 0.29) is 12.4 Å². The first kappa shape index (κ1) is 13.4. The Kier molecular flexibility index (Phi) is 6.54. The molecule has 0 bridgehead atoms. The molecule has 3 nitrogen and oxygen atoms in total. The lowest BCUT2D eigenvalue weighted by molar-refractivity contribution is -0.150. The van der Waals surface area contributed by atoms with Crippen molar-refractivity contribution in [2.24, 2.45) is 0 Å². The first-order valence-corrected chi connectivity index (χ1v) is 5.32. The molecule has 0 spiro atoms. The van der Waals surface area contributed by atoms with Gasteiger partial charge in [-0.3, -0.25) is 4.79 Å². The molecule has 0 aromatic carbocycles. The predicted molar refractivity (Wildman–Crippen MR) is 54.5 cm³/mol. The highest BCUT2D eigenvalue weighted by atomic mass is 16.5. The van der Waals surface area contributed by atoms with E-state index in [1.54, 1.807) is 0 Å². The fourth-order valence-corrected chi connectivity index (χ4v) is 1.11. The van der Waals surface area contributed by atoms with Gasteiger partial charge in [0.05, 0.1) is 13.0 Å². The molecule has 0 rings (SSSR count). The van der Waals surface area contributed by atoms with Crippen molar-refractivity contribution in [3.63, 3.8) is 0 Å². The van der Waals surface area contributed by atoms with E-state index in [9.17, 15) is 9.90 Å². The van der Waals surface area contributed by atoms with Gasteiger partial charge in [-0.15, -0.1) is 0 Å². The normalized spacial score (nSPS) is 11.4. The van der Waals surface area contributed by atoms with Gasteiger partial charge in [0.1, 0.15) is 5.60 Å². The highest BCUT2D eigenvalue weighted by Crippen LogP contribution is 2.09. The maximum absolute atomic E-state index is 11.1. The van der Waals surface area contributed by atoms with Crippen molar-refractivity contribution in [2.45, 2.75) is 58.5 Å². The Balaban J connectivity index is 3.36. The average Bonchev–Trinajstić information content (AvgIpc) is 2.00. The van der Waals surface area contributed by atoms with Gasteiger partial charge in [0.15, 0.2) is 0 Å². The summed E-state index contributed by atoms with van der Waals surface area (Å²) in [5, 5.41) is 11.1. The SMILES string of the molecule is CCCCCCOC(=O)CC(C)(C)[O]. The summed E-state index contributed by atoms with van der Waals surface area (Å²) in [6, 6.07) is 0. The molecule has 0 saturated carbocycles. The molecule has 0 heterocycles. The van der Waals surface area contributed by atoms with E-state index in [1.165, 1.54) is 26.7 Å². The van der Waals surface area contributed by atoms with Crippen LogP contribution >= 0.6 is 0 Å². The van der Waals surface area contributed by atoms with E-state index in [4.69, 9.17) is 4.74 Å². The van der Waals surface area contributed by atoms with Crippen LogP contribution < -0.4 is 0 Å². The highest BCUT2D eigenvalue weighted by Gasteiger charge is 2.20. The standard InChI is InChI=1S/C11H21O3/c1-4-5-6-7-8-14-10(12)9-11(2,3)13/h4-9H2,1-3H3. The lowest BCUT2D eigenvalue weighted by Gasteiger charge is -2.12. The summed E-state index contributed by atoms with van der Waals surface area (Å²) in [5.74, 6) is -0.374. The average molecular weight is 201 g/mol. The third-order valence-electron chi connectivity index (χ3n) is 1.83. The third kappa shape index (κ3) is 9.52. The van der Waals surface area contributed by atoms with Crippen molar-refractivity contribution in [1.29, 1.82) is 0 Å². The maximum Gasteiger partial charge on any atom is 0.308 e. The van der Waals surface area contributed by atoms with E-state index >= 15 is 0 Å². The lowest BCUT2D eigenvalue weighted by Crippen LogP contribution is -2.23. The number of esters is 1. The van der Waals surface area contributed by atoms with Crippen LogP contribution in [0.4, 0.5) is 0 Å². The second-order valence-electron chi connectivity index (χ2n) is 4.22. The molecule has 0 aliphatic rings. The lowest BCUT2D eigenvalue weighted by atomic mass is 10.1. The van der Waals surface area contributed by atoms with Gasteiger partial charge >= 0.3 is 5.97 Å². The van der Waals surface area contributed by atoms with Crippen LogP contribution in [0.3, 0.4) is 0 Å². The summed E-state index contributed by atoms with van der Waals surface area (Å²) in [4.78, 5) is 11.1. The second-order valence-corrected chi connectivity index (χ2v) is 4.22. The fraction of sp³-hybridized carbons (Fsp3) is 0.909. The molecule has 0 saturated heterocycles. The monoisotopic (exact) mass is 201 g/mol. The zero-order chi connectivity index (χ0) is 11.0. The number of rotatable bonds is 7. The number of hydrogen-bond donors (Lipinski definition) is 0. The number of carbonyl (C=O) groups is 1. The van der Waals surface area contributed by atoms with Gasteiger partial charge in [-0.25, -0.2) is 5.11 Å². The molecule has 0 fully saturated rings. The topological polar surface area (TPSA) is 46.2 Å². The Morgan fingerprint density at radius 2 is 1.86 bits per heavy atom. The minimum Gasteiger partial charge on any atom is -0.466 e. The highest BCUT2D eigenvalue weighted by molar-refractivity contribution is 5.70. The van der Waals surface area contributed by atoms with Crippen LogP contribution in [0.25, 0.3) is 0 Å². The van der Waals surface area contributed by atoms with E-state index < -0.39 is 5.60 Å². The molecular formula is C11H21O3. The molecule has 0 aromatic heterocycles. The third-order valence-corrected chi connectivity index (χ3v) is 1.83. The maximum atomic E-state index is 11.1. The zero-order valence-electron chi connectivity index (χ0n) is 9.47. The van der Waals surface area contributed by atoms with Crippen LogP contribution in [0.15, 0.2) is 0 Å². The van der Waals surface area contributed by atoms with E-state index in [2.05, 4.69) is 6.92 Å². The predicted octanol–water partition coefficient (Wildman–Crippen LogP) is 2.71. The molecule has 0 aliphatic carbocycles. The molecular weight excluding hydrogens is 180 g/mol.